The van der Waals surface area contributed by atoms with Crippen molar-refractivity contribution in [2.45, 2.75) is 37.7 Å². The van der Waals surface area contributed by atoms with Gasteiger partial charge >= 0.3 is 12.4 Å². The molecule has 0 amide bonds. The highest BCUT2D eigenvalue weighted by Crippen LogP contribution is 2.29. The fourth-order valence-corrected chi connectivity index (χ4v) is 1.58. The van der Waals surface area contributed by atoms with E-state index in [4.69, 9.17) is 5.73 Å². The summed E-state index contributed by atoms with van der Waals surface area (Å²) in [5.74, 6) is 0. The summed E-state index contributed by atoms with van der Waals surface area (Å²) in [5, 5.41) is 0. The quantitative estimate of drug-likeness (QED) is 0.834. The summed E-state index contributed by atoms with van der Waals surface area (Å²) in [4.78, 5) is 0. The van der Waals surface area contributed by atoms with Gasteiger partial charge in [0.05, 0.1) is 5.56 Å². The van der Waals surface area contributed by atoms with Crippen LogP contribution in [0.3, 0.4) is 0 Å². The van der Waals surface area contributed by atoms with Gasteiger partial charge in [0, 0.05) is 12.5 Å². The highest BCUT2D eigenvalue weighted by Gasteiger charge is 2.30. The lowest BCUT2D eigenvalue weighted by Crippen LogP contribution is -2.25. The molecular weight excluding hydrogens is 272 g/mol. The Morgan fingerprint density at radius 1 is 0.947 bits per heavy atom. The van der Waals surface area contributed by atoms with Gasteiger partial charge in [0.2, 0.25) is 0 Å². The first-order valence-corrected chi connectivity index (χ1v) is 5.56. The fourth-order valence-electron chi connectivity index (χ4n) is 1.58. The van der Waals surface area contributed by atoms with Crippen molar-refractivity contribution in [3.05, 3.63) is 35.4 Å². The minimum Gasteiger partial charge on any atom is -0.327 e. The van der Waals surface area contributed by atoms with Crippen LogP contribution in [-0.4, -0.2) is 12.2 Å². The molecule has 0 aliphatic carbocycles. The van der Waals surface area contributed by atoms with E-state index < -0.39 is 30.4 Å². The zero-order valence-corrected chi connectivity index (χ0v) is 9.85. The van der Waals surface area contributed by atoms with Crippen LogP contribution >= 0.6 is 0 Å². The lowest BCUT2D eigenvalue weighted by molar-refractivity contribution is -0.138. The van der Waals surface area contributed by atoms with Crippen molar-refractivity contribution in [1.29, 1.82) is 0 Å². The Morgan fingerprint density at radius 3 is 1.89 bits per heavy atom. The number of nitrogens with two attached hydrogens (primary N) is 1. The molecule has 0 aliphatic rings. The third-order valence-electron chi connectivity index (χ3n) is 2.58. The van der Waals surface area contributed by atoms with Crippen molar-refractivity contribution in [3.8, 4) is 0 Å². The molecule has 0 aliphatic heterocycles. The predicted octanol–water partition coefficient (Wildman–Crippen LogP) is 3.92. The van der Waals surface area contributed by atoms with Crippen LogP contribution in [0.2, 0.25) is 0 Å². The lowest BCUT2D eigenvalue weighted by Gasteiger charge is -2.14. The second-order valence-electron chi connectivity index (χ2n) is 4.31. The zero-order chi connectivity index (χ0) is 14.7. The molecule has 0 saturated carbocycles. The first kappa shape index (κ1) is 15.8. The molecular formula is C12H13F6N. The van der Waals surface area contributed by atoms with E-state index in [1.165, 1.54) is 12.1 Å². The molecule has 1 aromatic rings. The van der Waals surface area contributed by atoms with E-state index in [-0.39, 0.29) is 12.8 Å². The van der Waals surface area contributed by atoms with Gasteiger partial charge in [0.1, 0.15) is 0 Å². The molecule has 0 bridgehead atoms. The molecule has 1 nitrogen and oxygen atoms in total. The standard InChI is InChI=1S/C12H13F6N/c13-11(14,15)6-5-10(19)7-8-1-3-9(4-2-8)12(16,17)18/h1-4,10H,5-7,19H2. The minimum absolute atomic E-state index is 0.119. The summed E-state index contributed by atoms with van der Waals surface area (Å²) < 4.78 is 72.7. The molecule has 2 N–H and O–H groups in total. The van der Waals surface area contributed by atoms with Gasteiger partial charge in [-0.1, -0.05) is 12.1 Å². The number of halogens is 6. The normalized spacial score (nSPS) is 14.5. The Hall–Kier alpha value is -1.24. The molecule has 1 aromatic carbocycles. The Morgan fingerprint density at radius 2 is 1.47 bits per heavy atom. The number of alkyl halides is 6. The van der Waals surface area contributed by atoms with E-state index in [0.29, 0.717) is 5.56 Å². The average molecular weight is 285 g/mol. The average Bonchev–Trinajstić information content (AvgIpc) is 2.25. The molecule has 1 rings (SSSR count). The summed E-state index contributed by atoms with van der Waals surface area (Å²) in [6.07, 6.45) is -9.80. The van der Waals surface area contributed by atoms with Crippen LogP contribution in [-0.2, 0) is 12.6 Å². The van der Waals surface area contributed by atoms with Gasteiger partial charge < -0.3 is 5.73 Å². The van der Waals surface area contributed by atoms with Crippen LogP contribution in [0.5, 0.6) is 0 Å². The molecule has 1 unspecified atom stereocenters. The van der Waals surface area contributed by atoms with E-state index in [1.807, 2.05) is 0 Å². The first-order valence-electron chi connectivity index (χ1n) is 5.56. The van der Waals surface area contributed by atoms with Gasteiger partial charge in [-0.05, 0) is 30.5 Å². The molecule has 0 saturated heterocycles. The van der Waals surface area contributed by atoms with Crippen LogP contribution in [0.1, 0.15) is 24.0 Å². The second kappa shape index (κ2) is 5.81. The van der Waals surface area contributed by atoms with Gasteiger partial charge in [-0.25, -0.2) is 0 Å². The summed E-state index contributed by atoms with van der Waals surface area (Å²) in [6.45, 7) is 0. The van der Waals surface area contributed by atoms with Crippen molar-refractivity contribution in [2.75, 3.05) is 0 Å². The molecule has 19 heavy (non-hydrogen) atoms. The van der Waals surface area contributed by atoms with Gasteiger partial charge in [0.25, 0.3) is 0 Å². The largest absolute Gasteiger partial charge is 0.416 e. The third-order valence-corrected chi connectivity index (χ3v) is 2.58. The summed E-state index contributed by atoms with van der Waals surface area (Å²) in [5.41, 5.74) is 5.21. The van der Waals surface area contributed by atoms with E-state index in [2.05, 4.69) is 0 Å². The number of hydrogen-bond donors (Lipinski definition) is 1. The van der Waals surface area contributed by atoms with Crippen LogP contribution < -0.4 is 5.73 Å². The van der Waals surface area contributed by atoms with Crippen molar-refractivity contribution < 1.29 is 26.3 Å². The summed E-state index contributed by atoms with van der Waals surface area (Å²) in [7, 11) is 0. The Balaban J connectivity index is 2.54. The predicted molar refractivity (Wildman–Crippen MR) is 58.4 cm³/mol. The smallest absolute Gasteiger partial charge is 0.327 e. The maximum absolute atomic E-state index is 12.3. The number of benzene rings is 1. The van der Waals surface area contributed by atoms with Crippen molar-refractivity contribution in [3.63, 3.8) is 0 Å². The van der Waals surface area contributed by atoms with Crippen molar-refractivity contribution in [1.82, 2.24) is 0 Å². The SMILES string of the molecule is NC(CCC(F)(F)F)Cc1ccc(C(F)(F)F)cc1. The second-order valence-corrected chi connectivity index (χ2v) is 4.31. The molecule has 7 heteroatoms. The molecule has 0 radical (unpaired) electrons. The van der Waals surface area contributed by atoms with Gasteiger partial charge in [-0.2, -0.15) is 26.3 Å². The van der Waals surface area contributed by atoms with Crippen LogP contribution in [0, 0.1) is 0 Å². The Bertz CT molecular complexity index is 392. The Labute approximate surface area is 106 Å². The van der Waals surface area contributed by atoms with Crippen LogP contribution in [0.4, 0.5) is 26.3 Å². The van der Waals surface area contributed by atoms with E-state index in [0.717, 1.165) is 12.1 Å². The Kier molecular flexibility index (Phi) is 4.84. The first-order chi connectivity index (χ1) is 8.58. The summed E-state index contributed by atoms with van der Waals surface area (Å²) in [6, 6.07) is 3.53. The van der Waals surface area contributed by atoms with Crippen molar-refractivity contribution >= 4 is 0 Å². The fraction of sp³-hybridized carbons (Fsp3) is 0.500. The van der Waals surface area contributed by atoms with Gasteiger partial charge in [-0.3, -0.25) is 0 Å². The van der Waals surface area contributed by atoms with E-state index >= 15 is 0 Å². The maximum atomic E-state index is 12.3. The van der Waals surface area contributed by atoms with E-state index in [9.17, 15) is 26.3 Å². The molecule has 0 spiro atoms. The van der Waals surface area contributed by atoms with E-state index in [1.54, 1.807) is 0 Å². The van der Waals surface area contributed by atoms with Crippen LogP contribution in [0.15, 0.2) is 24.3 Å². The number of hydrogen-bond acceptors (Lipinski definition) is 1. The maximum Gasteiger partial charge on any atom is 0.416 e. The molecule has 0 aromatic heterocycles. The van der Waals surface area contributed by atoms with Crippen molar-refractivity contribution in [2.24, 2.45) is 5.73 Å². The molecule has 1 atom stereocenters. The minimum atomic E-state index is -4.42. The number of rotatable bonds is 4. The molecule has 108 valence electrons. The molecule has 0 fully saturated rings. The monoisotopic (exact) mass is 285 g/mol. The highest BCUT2D eigenvalue weighted by atomic mass is 19.4. The topological polar surface area (TPSA) is 26.0 Å². The molecule has 0 heterocycles. The zero-order valence-electron chi connectivity index (χ0n) is 9.85. The third kappa shape index (κ3) is 5.96. The lowest BCUT2D eigenvalue weighted by atomic mass is 10.0. The highest BCUT2D eigenvalue weighted by molar-refractivity contribution is 5.25. The summed E-state index contributed by atoms with van der Waals surface area (Å²) >= 11 is 0. The van der Waals surface area contributed by atoms with Crippen LogP contribution in [0.25, 0.3) is 0 Å². The van der Waals surface area contributed by atoms with Gasteiger partial charge in [-0.15, -0.1) is 0 Å². The van der Waals surface area contributed by atoms with Gasteiger partial charge in [0.15, 0.2) is 0 Å².